The van der Waals surface area contributed by atoms with E-state index in [4.69, 9.17) is 23.2 Å². The standard InChI is InChI=1S/C42H34Cl2N2O3S/c1-27-13-23-33(24-14-27)50(48,49)46-37-11-7-5-9-34(37)40(41(46)47)35(29-17-21-32(44)22-18-29)25-30(28-15-19-31(43)20-16-28)26-39-42(2,3)36-10-6-8-12-38(36)45(39)4/h5-26H,1-4H3/b30-25+,39-26+,40-35-. The molecule has 0 aromatic heterocycles. The lowest BCUT2D eigenvalue weighted by Gasteiger charge is -2.25. The lowest BCUT2D eigenvalue weighted by molar-refractivity contribution is -0.111. The van der Waals surface area contributed by atoms with Crippen molar-refractivity contribution in [3.05, 3.63) is 177 Å². The predicted molar refractivity (Wildman–Crippen MR) is 206 cm³/mol. The van der Waals surface area contributed by atoms with Crippen LogP contribution in [-0.4, -0.2) is 21.4 Å². The van der Waals surface area contributed by atoms with Crippen LogP contribution >= 0.6 is 23.2 Å². The van der Waals surface area contributed by atoms with Gasteiger partial charge in [-0.25, -0.2) is 8.42 Å². The first-order valence-electron chi connectivity index (χ1n) is 16.2. The van der Waals surface area contributed by atoms with Crippen LogP contribution in [0.5, 0.6) is 0 Å². The minimum Gasteiger partial charge on any atom is -0.347 e. The molecular formula is C42H34Cl2N2O3S. The summed E-state index contributed by atoms with van der Waals surface area (Å²) < 4.78 is 29.4. The number of fused-ring (bicyclic) bond motifs is 2. The number of likely N-dealkylation sites (N-methyl/N-ethyl adjacent to an activating group) is 1. The van der Waals surface area contributed by atoms with Crippen molar-refractivity contribution >= 4 is 67.2 Å². The van der Waals surface area contributed by atoms with Gasteiger partial charge in [-0.05, 0) is 95.4 Å². The first-order valence-corrected chi connectivity index (χ1v) is 18.4. The number of carbonyl (C=O) groups excluding carboxylic acids is 1. The monoisotopic (exact) mass is 716 g/mol. The van der Waals surface area contributed by atoms with Crippen molar-refractivity contribution in [3.8, 4) is 0 Å². The fourth-order valence-corrected chi connectivity index (χ4v) is 8.52. The molecule has 0 saturated heterocycles. The van der Waals surface area contributed by atoms with Gasteiger partial charge in [0.15, 0.2) is 0 Å². The third-order valence-electron chi connectivity index (χ3n) is 9.48. The van der Waals surface area contributed by atoms with Crippen LogP contribution in [0.4, 0.5) is 11.4 Å². The number of nitrogens with zero attached hydrogens (tertiary/aromatic N) is 2. The second-order valence-corrected chi connectivity index (χ2v) is 15.7. The van der Waals surface area contributed by atoms with Crippen LogP contribution < -0.4 is 9.21 Å². The zero-order valence-electron chi connectivity index (χ0n) is 28.0. The van der Waals surface area contributed by atoms with Crippen molar-refractivity contribution in [2.45, 2.75) is 31.1 Å². The molecule has 5 nitrogen and oxygen atoms in total. The van der Waals surface area contributed by atoms with Crippen molar-refractivity contribution in [2.75, 3.05) is 16.3 Å². The Morgan fingerprint density at radius 1 is 0.720 bits per heavy atom. The topological polar surface area (TPSA) is 57.7 Å². The number of aryl methyl sites for hydroxylation is 1. The highest BCUT2D eigenvalue weighted by atomic mass is 35.5. The van der Waals surface area contributed by atoms with Gasteiger partial charge < -0.3 is 4.90 Å². The summed E-state index contributed by atoms with van der Waals surface area (Å²) in [4.78, 5) is 17.0. The van der Waals surface area contributed by atoms with Crippen LogP contribution in [0.15, 0.2) is 144 Å². The first-order chi connectivity index (χ1) is 23.9. The molecule has 0 spiro atoms. The van der Waals surface area contributed by atoms with Gasteiger partial charge in [-0.15, -0.1) is 0 Å². The smallest absolute Gasteiger partial charge is 0.273 e. The molecule has 250 valence electrons. The minimum atomic E-state index is -4.26. The fourth-order valence-electron chi connectivity index (χ4n) is 6.84. The Morgan fingerprint density at radius 3 is 1.90 bits per heavy atom. The van der Waals surface area contributed by atoms with Crippen molar-refractivity contribution < 1.29 is 13.2 Å². The van der Waals surface area contributed by atoms with Crippen LogP contribution in [0.25, 0.3) is 16.7 Å². The van der Waals surface area contributed by atoms with Gasteiger partial charge >= 0.3 is 0 Å². The van der Waals surface area contributed by atoms with Gasteiger partial charge in [-0.1, -0.05) is 115 Å². The Labute approximate surface area is 303 Å². The van der Waals surface area contributed by atoms with Crippen molar-refractivity contribution in [1.29, 1.82) is 0 Å². The maximum absolute atomic E-state index is 14.7. The predicted octanol–water partition coefficient (Wildman–Crippen LogP) is 10.3. The number of rotatable bonds is 6. The summed E-state index contributed by atoms with van der Waals surface area (Å²) in [7, 11) is -2.20. The molecule has 2 aliphatic heterocycles. The number of allylic oxidation sites excluding steroid dienone is 5. The summed E-state index contributed by atoms with van der Waals surface area (Å²) in [6.45, 7) is 6.28. The number of halogens is 2. The summed E-state index contributed by atoms with van der Waals surface area (Å²) in [5.41, 5.74) is 7.99. The molecule has 5 aromatic carbocycles. The Balaban J connectivity index is 1.51. The summed E-state index contributed by atoms with van der Waals surface area (Å²) in [5, 5.41) is 1.13. The minimum absolute atomic E-state index is 0.0359. The Kier molecular flexibility index (Phi) is 8.59. The number of anilines is 2. The second-order valence-electron chi connectivity index (χ2n) is 13.0. The van der Waals surface area contributed by atoms with Crippen LogP contribution in [0.3, 0.4) is 0 Å². The van der Waals surface area contributed by atoms with Gasteiger partial charge in [0, 0.05) is 39.5 Å². The average molecular weight is 718 g/mol. The molecule has 0 N–H and O–H groups in total. The van der Waals surface area contributed by atoms with Crippen molar-refractivity contribution in [2.24, 2.45) is 0 Å². The van der Waals surface area contributed by atoms with E-state index in [0.29, 0.717) is 32.4 Å². The largest absolute Gasteiger partial charge is 0.347 e. The quantitative estimate of drug-likeness (QED) is 0.164. The summed E-state index contributed by atoms with van der Waals surface area (Å²) in [6, 6.07) is 36.7. The number of carbonyl (C=O) groups is 1. The molecule has 0 unspecified atom stereocenters. The van der Waals surface area contributed by atoms with Gasteiger partial charge in [0.2, 0.25) is 0 Å². The zero-order chi connectivity index (χ0) is 35.4. The fraction of sp³-hybridized carbons (Fsp3) is 0.119. The number of hydrogen-bond acceptors (Lipinski definition) is 4. The van der Waals surface area contributed by atoms with E-state index < -0.39 is 15.9 Å². The van der Waals surface area contributed by atoms with E-state index >= 15 is 0 Å². The summed E-state index contributed by atoms with van der Waals surface area (Å²) >= 11 is 12.7. The summed E-state index contributed by atoms with van der Waals surface area (Å²) in [5.74, 6) is -0.637. The van der Waals surface area contributed by atoms with Crippen LogP contribution in [0.2, 0.25) is 10.0 Å². The SMILES string of the molecule is Cc1ccc(S(=O)(=O)N2C(=O)/C(=C(/C=C(\C=C3\N(C)c4ccccc4C3(C)C)c3ccc(Cl)cc3)c3ccc(Cl)cc3)c3ccccc32)cc1. The van der Waals surface area contributed by atoms with E-state index in [-0.39, 0.29) is 15.9 Å². The molecule has 5 aromatic rings. The Bertz CT molecular complexity index is 2360. The summed E-state index contributed by atoms with van der Waals surface area (Å²) in [6.07, 6.45) is 4.12. The molecule has 2 heterocycles. The average Bonchev–Trinajstić information content (AvgIpc) is 3.50. The third-order valence-corrected chi connectivity index (χ3v) is 11.7. The molecule has 0 fully saturated rings. The number of hydrogen-bond donors (Lipinski definition) is 0. The number of amides is 1. The van der Waals surface area contributed by atoms with E-state index in [0.717, 1.165) is 32.4 Å². The normalized spacial score (nSPS) is 17.3. The van der Waals surface area contributed by atoms with Gasteiger partial charge in [-0.2, -0.15) is 4.31 Å². The number of sulfonamides is 1. The lowest BCUT2D eigenvalue weighted by Crippen LogP contribution is -2.33. The Morgan fingerprint density at radius 2 is 1.28 bits per heavy atom. The molecule has 0 atom stereocenters. The zero-order valence-corrected chi connectivity index (χ0v) is 30.3. The molecule has 8 heteroatoms. The highest BCUT2D eigenvalue weighted by Gasteiger charge is 2.43. The molecule has 0 bridgehead atoms. The van der Waals surface area contributed by atoms with E-state index in [1.807, 2.05) is 61.5 Å². The van der Waals surface area contributed by atoms with Crippen LogP contribution in [0, 0.1) is 6.92 Å². The van der Waals surface area contributed by atoms with E-state index in [1.54, 1.807) is 42.5 Å². The molecule has 0 saturated carbocycles. The number of benzene rings is 5. The van der Waals surface area contributed by atoms with Gasteiger partial charge in [0.05, 0.1) is 16.2 Å². The maximum Gasteiger partial charge on any atom is 0.273 e. The van der Waals surface area contributed by atoms with E-state index in [9.17, 15) is 13.2 Å². The van der Waals surface area contributed by atoms with Gasteiger partial charge in [0.25, 0.3) is 15.9 Å². The maximum atomic E-state index is 14.7. The Hall–Kier alpha value is -4.88. The van der Waals surface area contributed by atoms with Gasteiger partial charge in [0.1, 0.15) is 0 Å². The van der Waals surface area contributed by atoms with Crippen molar-refractivity contribution in [3.63, 3.8) is 0 Å². The molecule has 2 aliphatic rings. The molecular weight excluding hydrogens is 683 g/mol. The van der Waals surface area contributed by atoms with E-state index in [1.165, 1.54) is 17.7 Å². The highest BCUT2D eigenvalue weighted by Crippen LogP contribution is 2.49. The molecule has 7 rings (SSSR count). The van der Waals surface area contributed by atoms with Crippen molar-refractivity contribution in [1.82, 2.24) is 0 Å². The molecule has 50 heavy (non-hydrogen) atoms. The van der Waals surface area contributed by atoms with Gasteiger partial charge in [-0.3, -0.25) is 4.79 Å². The third kappa shape index (κ3) is 5.77. The first kappa shape index (κ1) is 33.6. The van der Waals surface area contributed by atoms with E-state index in [2.05, 4.69) is 50.1 Å². The van der Waals surface area contributed by atoms with Crippen LogP contribution in [0.1, 0.15) is 41.7 Å². The highest BCUT2D eigenvalue weighted by molar-refractivity contribution is 7.93. The number of para-hydroxylation sites is 2. The second kappa shape index (κ2) is 12.8. The molecule has 0 aliphatic carbocycles. The molecule has 1 amide bonds. The van der Waals surface area contributed by atoms with Crippen LogP contribution in [-0.2, 0) is 20.2 Å². The lowest BCUT2D eigenvalue weighted by atomic mass is 9.82. The molecule has 0 radical (unpaired) electrons.